The van der Waals surface area contributed by atoms with E-state index in [2.05, 4.69) is 12.6 Å². The van der Waals surface area contributed by atoms with Crippen LogP contribution in [-0.4, -0.2) is 0 Å². The Kier molecular flexibility index (Phi) is 4.34. The van der Waals surface area contributed by atoms with Crippen molar-refractivity contribution < 1.29 is 0 Å². The minimum absolute atomic E-state index is 0.520. The Hall–Kier alpha value is -0.460. The fourth-order valence-corrected chi connectivity index (χ4v) is 1.93. The summed E-state index contributed by atoms with van der Waals surface area (Å²) in [6, 6.07) is 6.08. The molecule has 70 valence electrons. The van der Waals surface area contributed by atoms with E-state index >= 15 is 0 Å². The van der Waals surface area contributed by atoms with E-state index < -0.39 is 0 Å². The van der Waals surface area contributed by atoms with Gasteiger partial charge in [0.25, 0.3) is 0 Å². The molecule has 0 atom stereocenters. The number of rotatable bonds is 4. The lowest BCUT2D eigenvalue weighted by Gasteiger charge is -2.08. The molecule has 1 rings (SSSR count). The van der Waals surface area contributed by atoms with Gasteiger partial charge in [-0.15, -0.1) is 29.8 Å². The molecule has 0 saturated heterocycles. The fourth-order valence-electron chi connectivity index (χ4n) is 1.33. The molecule has 0 saturated carbocycles. The van der Waals surface area contributed by atoms with Gasteiger partial charge in [0.2, 0.25) is 0 Å². The molecule has 0 aliphatic heterocycles. The number of halogens is 2. The van der Waals surface area contributed by atoms with E-state index in [1.807, 2.05) is 18.2 Å². The molecule has 0 aliphatic rings. The van der Waals surface area contributed by atoms with Crippen molar-refractivity contribution in [3.63, 3.8) is 0 Å². The fraction of sp³-hybridized carbons (Fsp3) is 0.273. The van der Waals surface area contributed by atoms with E-state index in [0.29, 0.717) is 11.8 Å². The second-order valence-electron chi connectivity index (χ2n) is 2.81. The van der Waals surface area contributed by atoms with Crippen LogP contribution in [0.25, 0.3) is 0 Å². The van der Waals surface area contributed by atoms with Crippen LogP contribution in [0, 0.1) is 0 Å². The maximum Gasteiger partial charge on any atom is 0.0480 e. The molecule has 0 unspecified atom stereocenters. The van der Waals surface area contributed by atoms with Crippen LogP contribution in [0.2, 0.25) is 0 Å². The molecule has 0 radical (unpaired) electrons. The summed E-state index contributed by atoms with van der Waals surface area (Å²) in [4.78, 5) is 0. The van der Waals surface area contributed by atoms with Gasteiger partial charge in [0, 0.05) is 11.8 Å². The molecule has 0 aromatic heterocycles. The van der Waals surface area contributed by atoms with Gasteiger partial charge in [-0.25, -0.2) is 0 Å². The van der Waals surface area contributed by atoms with Crippen molar-refractivity contribution in [3.05, 3.63) is 47.5 Å². The normalized spacial score (nSPS) is 10.0. The van der Waals surface area contributed by atoms with Crippen molar-refractivity contribution in [1.82, 2.24) is 0 Å². The van der Waals surface area contributed by atoms with Gasteiger partial charge in [0.1, 0.15) is 0 Å². The van der Waals surface area contributed by atoms with Gasteiger partial charge < -0.3 is 0 Å². The summed E-state index contributed by atoms with van der Waals surface area (Å²) in [5.41, 5.74) is 3.50. The van der Waals surface area contributed by atoms with Gasteiger partial charge in [-0.1, -0.05) is 24.3 Å². The third-order valence-corrected chi connectivity index (χ3v) is 2.57. The Morgan fingerprint density at radius 2 is 1.85 bits per heavy atom. The van der Waals surface area contributed by atoms with Gasteiger partial charge in [-0.3, -0.25) is 0 Å². The summed E-state index contributed by atoms with van der Waals surface area (Å²) in [5.74, 6) is 1.04. The second-order valence-corrected chi connectivity index (χ2v) is 3.35. The predicted octanol–water partition coefficient (Wildman–Crippen LogP) is 3.89. The smallest absolute Gasteiger partial charge is 0.0480 e. The lowest BCUT2D eigenvalue weighted by atomic mass is 10.0. The van der Waals surface area contributed by atoms with E-state index in [-0.39, 0.29) is 0 Å². The third-order valence-electron chi connectivity index (χ3n) is 2.01. The minimum Gasteiger partial charge on any atom is -0.122 e. The first-order chi connectivity index (χ1) is 6.33. The molecule has 0 nitrogen and oxygen atoms in total. The van der Waals surface area contributed by atoms with Crippen molar-refractivity contribution in [2.45, 2.75) is 18.2 Å². The van der Waals surface area contributed by atoms with E-state index in [1.54, 1.807) is 0 Å². The van der Waals surface area contributed by atoms with E-state index in [9.17, 15) is 0 Å². The molecule has 0 fully saturated rings. The predicted molar refractivity (Wildman–Crippen MR) is 59.5 cm³/mol. The molecule has 0 aliphatic carbocycles. The molecule has 0 bridgehead atoms. The van der Waals surface area contributed by atoms with Crippen molar-refractivity contribution in [2.24, 2.45) is 0 Å². The third kappa shape index (κ3) is 2.49. The van der Waals surface area contributed by atoms with Crippen molar-refractivity contribution >= 4 is 23.2 Å². The zero-order chi connectivity index (χ0) is 9.68. The van der Waals surface area contributed by atoms with Crippen LogP contribution in [0.4, 0.5) is 0 Å². The minimum atomic E-state index is 0.520. The Bertz CT molecular complexity index is 292. The quantitative estimate of drug-likeness (QED) is 0.528. The van der Waals surface area contributed by atoms with Gasteiger partial charge >= 0.3 is 0 Å². The van der Waals surface area contributed by atoms with Gasteiger partial charge in [-0.2, -0.15) is 0 Å². The van der Waals surface area contributed by atoms with Crippen molar-refractivity contribution in [1.29, 1.82) is 0 Å². The molecule has 0 amide bonds. The lowest BCUT2D eigenvalue weighted by Crippen LogP contribution is -1.95. The summed E-state index contributed by atoms with van der Waals surface area (Å²) in [7, 11) is 0. The SMILES string of the molecule is C=CCc1cccc(CCl)c1CCl. The van der Waals surface area contributed by atoms with Crippen molar-refractivity contribution in [3.8, 4) is 0 Å². The average Bonchev–Trinajstić information content (AvgIpc) is 2.18. The van der Waals surface area contributed by atoms with E-state index in [1.165, 1.54) is 5.56 Å². The largest absolute Gasteiger partial charge is 0.122 e. The molecular formula is C11H12Cl2. The zero-order valence-electron chi connectivity index (χ0n) is 7.39. The summed E-state index contributed by atoms with van der Waals surface area (Å²) < 4.78 is 0. The van der Waals surface area contributed by atoms with Gasteiger partial charge in [-0.05, 0) is 23.1 Å². The molecular weight excluding hydrogens is 203 g/mol. The maximum atomic E-state index is 5.86. The highest BCUT2D eigenvalue weighted by Crippen LogP contribution is 2.19. The maximum absolute atomic E-state index is 5.86. The Morgan fingerprint density at radius 1 is 1.15 bits per heavy atom. The second kappa shape index (κ2) is 5.31. The number of hydrogen-bond donors (Lipinski definition) is 0. The first-order valence-corrected chi connectivity index (χ1v) is 5.22. The number of alkyl halides is 2. The Balaban J connectivity index is 3.10. The molecule has 2 heteroatoms. The Morgan fingerprint density at radius 3 is 2.38 bits per heavy atom. The van der Waals surface area contributed by atoms with Crippen LogP contribution < -0.4 is 0 Å². The summed E-state index contributed by atoms with van der Waals surface area (Å²) in [6.45, 7) is 3.71. The Labute approximate surface area is 89.2 Å². The highest BCUT2D eigenvalue weighted by atomic mass is 35.5. The highest BCUT2D eigenvalue weighted by molar-refractivity contribution is 6.18. The molecule has 1 aromatic rings. The first kappa shape index (κ1) is 10.6. The summed E-state index contributed by atoms with van der Waals surface area (Å²) in [6.07, 6.45) is 2.73. The van der Waals surface area contributed by atoms with Crippen LogP contribution in [0.5, 0.6) is 0 Å². The van der Waals surface area contributed by atoms with Crippen LogP contribution in [0.15, 0.2) is 30.9 Å². The van der Waals surface area contributed by atoms with Crippen LogP contribution in [0.3, 0.4) is 0 Å². The van der Waals surface area contributed by atoms with Crippen LogP contribution in [0.1, 0.15) is 16.7 Å². The monoisotopic (exact) mass is 214 g/mol. The molecule has 0 heterocycles. The average molecular weight is 215 g/mol. The molecule has 0 spiro atoms. The number of hydrogen-bond acceptors (Lipinski definition) is 0. The molecule has 0 N–H and O–H groups in total. The lowest BCUT2D eigenvalue weighted by molar-refractivity contribution is 1.15. The van der Waals surface area contributed by atoms with Gasteiger partial charge in [0.05, 0.1) is 0 Å². The first-order valence-electron chi connectivity index (χ1n) is 4.16. The van der Waals surface area contributed by atoms with Crippen LogP contribution >= 0.6 is 23.2 Å². The van der Waals surface area contributed by atoms with Gasteiger partial charge in [0.15, 0.2) is 0 Å². The topological polar surface area (TPSA) is 0 Å². The highest BCUT2D eigenvalue weighted by Gasteiger charge is 2.04. The van der Waals surface area contributed by atoms with Crippen LogP contribution in [-0.2, 0) is 18.2 Å². The standard InChI is InChI=1S/C11H12Cl2/c1-2-4-9-5-3-6-10(7-12)11(9)8-13/h2-3,5-6H,1,4,7-8H2. The molecule has 13 heavy (non-hydrogen) atoms. The number of benzene rings is 1. The molecule has 1 aromatic carbocycles. The van der Waals surface area contributed by atoms with E-state index in [4.69, 9.17) is 23.2 Å². The number of allylic oxidation sites excluding steroid dienone is 1. The summed E-state index contributed by atoms with van der Waals surface area (Å²) in [5, 5.41) is 0. The zero-order valence-corrected chi connectivity index (χ0v) is 8.91. The summed E-state index contributed by atoms with van der Waals surface area (Å²) >= 11 is 11.7. The van der Waals surface area contributed by atoms with Crippen molar-refractivity contribution in [2.75, 3.05) is 0 Å². The van der Waals surface area contributed by atoms with E-state index in [0.717, 1.165) is 17.5 Å².